The van der Waals surface area contributed by atoms with E-state index in [-0.39, 0.29) is 0 Å². The number of fused-ring (bicyclic) bond motifs is 1. The molecule has 4 rings (SSSR count). The van der Waals surface area contributed by atoms with E-state index in [1.165, 1.54) is 16.7 Å². The van der Waals surface area contributed by atoms with Crippen LogP contribution in [0.25, 0.3) is 10.9 Å². The Kier molecular flexibility index (Phi) is 5.29. The van der Waals surface area contributed by atoms with E-state index in [0.717, 1.165) is 41.2 Å². The van der Waals surface area contributed by atoms with Crippen LogP contribution >= 0.6 is 0 Å². The molecule has 0 amide bonds. The highest BCUT2D eigenvalue weighted by atomic mass is 16.5. The summed E-state index contributed by atoms with van der Waals surface area (Å²) >= 11 is 0. The highest BCUT2D eigenvalue weighted by molar-refractivity contribution is 5.91. The smallest absolute Gasteiger partial charge is 0.137 e. The molecule has 0 bridgehead atoms. The van der Waals surface area contributed by atoms with Crippen molar-refractivity contribution in [1.29, 1.82) is 0 Å². The van der Waals surface area contributed by atoms with Crippen LogP contribution in [0.3, 0.4) is 0 Å². The van der Waals surface area contributed by atoms with Crippen LogP contribution in [0.2, 0.25) is 0 Å². The van der Waals surface area contributed by atoms with Crippen LogP contribution in [-0.4, -0.2) is 16.5 Å². The fraction of sp³-hybridized carbons (Fsp3) is 0.167. The summed E-state index contributed by atoms with van der Waals surface area (Å²) in [7, 11) is 0. The predicted molar refractivity (Wildman–Crippen MR) is 119 cm³/mol. The Morgan fingerprint density at radius 2 is 1.76 bits per heavy atom. The fourth-order valence-electron chi connectivity index (χ4n) is 3.22. The first-order valence-electron chi connectivity index (χ1n) is 9.67. The largest absolute Gasteiger partial charge is 0.457 e. The second kappa shape index (κ2) is 8.19. The van der Waals surface area contributed by atoms with Crippen molar-refractivity contribution in [2.75, 3.05) is 17.6 Å². The third-order valence-corrected chi connectivity index (χ3v) is 4.98. The van der Waals surface area contributed by atoms with Gasteiger partial charge in [0, 0.05) is 17.6 Å². The van der Waals surface area contributed by atoms with E-state index in [2.05, 4.69) is 53.4 Å². The Bertz CT molecular complexity index is 1160. The Morgan fingerprint density at radius 1 is 0.897 bits per heavy atom. The van der Waals surface area contributed by atoms with Gasteiger partial charge in [-0.05, 0) is 79.4 Å². The Hall–Kier alpha value is -3.60. The lowest BCUT2D eigenvalue weighted by Gasteiger charge is -2.11. The van der Waals surface area contributed by atoms with Gasteiger partial charge in [-0.15, -0.1) is 0 Å². The van der Waals surface area contributed by atoms with Gasteiger partial charge in [0.05, 0.1) is 5.52 Å². The molecule has 0 aliphatic rings. The van der Waals surface area contributed by atoms with Crippen molar-refractivity contribution in [2.45, 2.75) is 20.3 Å². The Balaban J connectivity index is 1.42. The van der Waals surface area contributed by atoms with Gasteiger partial charge in [0.1, 0.15) is 23.6 Å². The summed E-state index contributed by atoms with van der Waals surface area (Å²) in [4.78, 5) is 8.65. The maximum Gasteiger partial charge on any atom is 0.137 e. The van der Waals surface area contributed by atoms with Crippen molar-refractivity contribution < 1.29 is 4.74 Å². The van der Waals surface area contributed by atoms with Crippen molar-refractivity contribution in [2.24, 2.45) is 0 Å². The highest BCUT2D eigenvalue weighted by Gasteiger charge is 2.05. The second-order valence-corrected chi connectivity index (χ2v) is 7.17. The van der Waals surface area contributed by atoms with E-state index in [1.54, 1.807) is 6.33 Å². The van der Waals surface area contributed by atoms with Gasteiger partial charge in [-0.25, -0.2) is 9.97 Å². The van der Waals surface area contributed by atoms with Gasteiger partial charge in [0.25, 0.3) is 0 Å². The summed E-state index contributed by atoms with van der Waals surface area (Å²) in [6, 6.07) is 20.0. The number of anilines is 2. The third kappa shape index (κ3) is 4.46. The Labute approximate surface area is 170 Å². The maximum absolute atomic E-state index is 6.04. The molecule has 1 aromatic heterocycles. The summed E-state index contributed by atoms with van der Waals surface area (Å²) in [6.45, 7) is 4.94. The first-order valence-corrected chi connectivity index (χ1v) is 9.67. The monoisotopic (exact) mass is 384 g/mol. The summed E-state index contributed by atoms with van der Waals surface area (Å²) in [5, 5.41) is 4.33. The molecular weight excluding hydrogens is 360 g/mol. The molecule has 0 saturated heterocycles. The minimum Gasteiger partial charge on any atom is -0.457 e. The van der Waals surface area contributed by atoms with Gasteiger partial charge >= 0.3 is 0 Å². The van der Waals surface area contributed by atoms with Gasteiger partial charge in [0.2, 0.25) is 0 Å². The SMILES string of the molecule is Cc1ccc(Oc2cccc(CCNc3ncnc4ccc(N)cc34)c2)cc1C. The summed E-state index contributed by atoms with van der Waals surface area (Å²) < 4.78 is 6.04. The first kappa shape index (κ1) is 18.7. The number of aromatic nitrogens is 2. The molecular formula is C24H24N4O. The number of nitrogens with zero attached hydrogens (tertiary/aromatic N) is 2. The molecule has 5 heteroatoms. The number of nitrogens with two attached hydrogens (primary N) is 1. The lowest BCUT2D eigenvalue weighted by Crippen LogP contribution is -2.07. The van der Waals surface area contributed by atoms with E-state index >= 15 is 0 Å². The molecule has 0 aliphatic carbocycles. The molecule has 0 atom stereocenters. The zero-order chi connectivity index (χ0) is 20.2. The lowest BCUT2D eigenvalue weighted by molar-refractivity contribution is 0.481. The standard InChI is InChI=1S/C24H24N4O/c1-16-6-8-21(12-17(16)2)29-20-5-3-4-18(13-20)10-11-26-24-22-14-19(25)7-9-23(22)27-15-28-24/h3-9,12-15H,10-11,25H2,1-2H3,(H,26,27,28). The summed E-state index contributed by atoms with van der Waals surface area (Å²) in [5.74, 6) is 2.49. The zero-order valence-corrected chi connectivity index (χ0v) is 16.6. The number of nitrogens with one attached hydrogen (secondary N) is 1. The van der Waals surface area contributed by atoms with Crippen LogP contribution in [0.1, 0.15) is 16.7 Å². The molecule has 0 unspecified atom stereocenters. The van der Waals surface area contributed by atoms with E-state index < -0.39 is 0 Å². The van der Waals surface area contributed by atoms with Crippen LogP contribution in [-0.2, 0) is 6.42 Å². The number of ether oxygens (including phenoxy) is 1. The molecule has 3 N–H and O–H groups in total. The third-order valence-electron chi connectivity index (χ3n) is 4.98. The minimum absolute atomic E-state index is 0.701. The van der Waals surface area contributed by atoms with Gasteiger partial charge in [0.15, 0.2) is 0 Å². The molecule has 0 fully saturated rings. The quantitative estimate of drug-likeness (QED) is 0.443. The molecule has 29 heavy (non-hydrogen) atoms. The zero-order valence-electron chi connectivity index (χ0n) is 16.6. The predicted octanol–water partition coefficient (Wildman–Crippen LogP) is 5.28. The Morgan fingerprint density at radius 3 is 2.62 bits per heavy atom. The van der Waals surface area contributed by atoms with Crippen molar-refractivity contribution in [3.05, 3.63) is 83.7 Å². The van der Waals surface area contributed by atoms with Crippen LogP contribution in [0.5, 0.6) is 11.5 Å². The molecule has 0 spiro atoms. The fourth-order valence-corrected chi connectivity index (χ4v) is 3.22. The van der Waals surface area contributed by atoms with Gasteiger partial charge < -0.3 is 15.8 Å². The number of hydrogen-bond acceptors (Lipinski definition) is 5. The van der Waals surface area contributed by atoms with Gasteiger partial charge in [-0.2, -0.15) is 0 Å². The van der Waals surface area contributed by atoms with Gasteiger partial charge in [-0.1, -0.05) is 18.2 Å². The number of aryl methyl sites for hydroxylation is 2. The molecule has 146 valence electrons. The van der Waals surface area contributed by atoms with Crippen molar-refractivity contribution in [1.82, 2.24) is 9.97 Å². The first-order chi connectivity index (χ1) is 14.1. The number of nitrogen functional groups attached to an aromatic ring is 1. The number of rotatable bonds is 6. The van der Waals surface area contributed by atoms with E-state index in [9.17, 15) is 0 Å². The second-order valence-electron chi connectivity index (χ2n) is 7.17. The van der Waals surface area contributed by atoms with E-state index in [1.807, 2.05) is 36.4 Å². The van der Waals surface area contributed by atoms with Crippen molar-refractivity contribution in [3.8, 4) is 11.5 Å². The molecule has 0 aliphatic heterocycles. The van der Waals surface area contributed by atoms with Gasteiger partial charge in [-0.3, -0.25) is 0 Å². The van der Waals surface area contributed by atoms with Crippen LogP contribution in [0.4, 0.5) is 11.5 Å². The molecule has 1 heterocycles. The molecule has 5 nitrogen and oxygen atoms in total. The molecule has 0 saturated carbocycles. The van der Waals surface area contributed by atoms with Crippen molar-refractivity contribution >= 4 is 22.4 Å². The van der Waals surface area contributed by atoms with Crippen LogP contribution < -0.4 is 15.8 Å². The molecule has 3 aromatic carbocycles. The summed E-state index contributed by atoms with van der Waals surface area (Å²) in [6.07, 6.45) is 2.41. The normalized spacial score (nSPS) is 10.8. The number of benzene rings is 3. The van der Waals surface area contributed by atoms with Crippen LogP contribution in [0, 0.1) is 13.8 Å². The van der Waals surface area contributed by atoms with E-state index in [4.69, 9.17) is 10.5 Å². The number of hydrogen-bond donors (Lipinski definition) is 2. The molecule has 4 aromatic rings. The topological polar surface area (TPSA) is 73.1 Å². The minimum atomic E-state index is 0.701. The highest BCUT2D eigenvalue weighted by Crippen LogP contribution is 2.25. The van der Waals surface area contributed by atoms with Crippen LogP contribution in [0.15, 0.2) is 67.0 Å². The average Bonchev–Trinajstić information content (AvgIpc) is 2.71. The molecule has 0 radical (unpaired) electrons. The maximum atomic E-state index is 6.04. The summed E-state index contributed by atoms with van der Waals surface area (Å²) in [5.41, 5.74) is 11.2. The van der Waals surface area contributed by atoms with Crippen molar-refractivity contribution in [3.63, 3.8) is 0 Å². The average molecular weight is 384 g/mol. The lowest BCUT2D eigenvalue weighted by atomic mass is 10.1. The van der Waals surface area contributed by atoms with E-state index in [0.29, 0.717) is 5.69 Å².